The molecule has 1 N–H and O–H groups in total. The van der Waals surface area contributed by atoms with Crippen molar-refractivity contribution in [2.75, 3.05) is 19.7 Å². The van der Waals surface area contributed by atoms with Crippen molar-refractivity contribution < 1.29 is 19.2 Å². The SMILES string of the molecule is O=C(c1cc([N+](=O)[O-])ccc1F)N1CCC(CO)C1. The normalized spacial score (nSPS) is 18.6. The van der Waals surface area contributed by atoms with Crippen LogP contribution in [0, 0.1) is 21.8 Å². The van der Waals surface area contributed by atoms with Gasteiger partial charge in [0.2, 0.25) is 0 Å². The number of amides is 1. The van der Waals surface area contributed by atoms with Crippen LogP contribution < -0.4 is 0 Å². The second-order valence-electron chi connectivity index (χ2n) is 4.51. The van der Waals surface area contributed by atoms with Gasteiger partial charge in [-0.15, -0.1) is 0 Å². The van der Waals surface area contributed by atoms with Crippen LogP contribution in [0.25, 0.3) is 0 Å². The van der Waals surface area contributed by atoms with Gasteiger partial charge in [-0.3, -0.25) is 14.9 Å². The first-order valence-corrected chi connectivity index (χ1v) is 5.87. The zero-order valence-corrected chi connectivity index (χ0v) is 10.1. The molecule has 0 bridgehead atoms. The number of nitrogens with zero attached hydrogens (tertiary/aromatic N) is 2. The highest BCUT2D eigenvalue weighted by Gasteiger charge is 2.28. The van der Waals surface area contributed by atoms with E-state index in [1.807, 2.05) is 0 Å². The summed E-state index contributed by atoms with van der Waals surface area (Å²) in [4.78, 5) is 23.5. The van der Waals surface area contributed by atoms with Crippen molar-refractivity contribution in [3.63, 3.8) is 0 Å². The number of hydrogen-bond donors (Lipinski definition) is 1. The first-order chi connectivity index (χ1) is 9.02. The Morgan fingerprint density at radius 2 is 2.32 bits per heavy atom. The number of carbonyl (C=O) groups excluding carboxylic acids is 1. The monoisotopic (exact) mass is 268 g/mol. The standard InChI is InChI=1S/C12H13FN2O4/c13-11-2-1-9(15(18)19)5-10(11)12(17)14-4-3-8(6-14)7-16/h1-2,5,8,16H,3-4,6-7H2. The summed E-state index contributed by atoms with van der Waals surface area (Å²) >= 11 is 0. The van der Waals surface area contributed by atoms with Gasteiger partial charge in [0.1, 0.15) is 5.82 Å². The van der Waals surface area contributed by atoms with E-state index in [9.17, 15) is 19.3 Å². The highest BCUT2D eigenvalue weighted by Crippen LogP contribution is 2.22. The third kappa shape index (κ3) is 2.70. The lowest BCUT2D eigenvalue weighted by atomic mass is 10.1. The van der Waals surface area contributed by atoms with E-state index in [-0.39, 0.29) is 23.8 Å². The van der Waals surface area contributed by atoms with E-state index in [1.54, 1.807) is 0 Å². The summed E-state index contributed by atoms with van der Waals surface area (Å²) in [7, 11) is 0. The number of nitro benzene ring substituents is 1. The topological polar surface area (TPSA) is 83.7 Å². The van der Waals surface area contributed by atoms with Gasteiger partial charge in [0.15, 0.2) is 0 Å². The van der Waals surface area contributed by atoms with Gasteiger partial charge in [0.05, 0.1) is 10.5 Å². The first kappa shape index (κ1) is 13.4. The molecule has 0 spiro atoms. The first-order valence-electron chi connectivity index (χ1n) is 5.87. The Balaban J connectivity index is 2.24. The number of non-ortho nitro benzene ring substituents is 1. The van der Waals surface area contributed by atoms with Gasteiger partial charge in [-0.05, 0) is 12.5 Å². The summed E-state index contributed by atoms with van der Waals surface area (Å²) in [6, 6.07) is 2.89. The molecule has 1 atom stereocenters. The molecule has 102 valence electrons. The zero-order chi connectivity index (χ0) is 14.0. The molecule has 0 radical (unpaired) electrons. The highest BCUT2D eigenvalue weighted by atomic mass is 19.1. The van der Waals surface area contributed by atoms with Gasteiger partial charge >= 0.3 is 0 Å². The van der Waals surface area contributed by atoms with Crippen LogP contribution in [0.15, 0.2) is 18.2 Å². The molecule has 0 aromatic heterocycles. The molecule has 1 aliphatic heterocycles. The summed E-state index contributed by atoms with van der Waals surface area (Å²) in [6.45, 7) is 0.741. The van der Waals surface area contributed by atoms with Crippen molar-refractivity contribution in [1.29, 1.82) is 0 Å². The summed E-state index contributed by atoms with van der Waals surface area (Å²) in [5, 5.41) is 19.6. The molecule has 1 unspecified atom stereocenters. The molecule has 6 nitrogen and oxygen atoms in total. The average molecular weight is 268 g/mol. The van der Waals surface area contributed by atoms with Gasteiger partial charge in [0, 0.05) is 37.7 Å². The lowest BCUT2D eigenvalue weighted by molar-refractivity contribution is -0.384. The largest absolute Gasteiger partial charge is 0.396 e. The van der Waals surface area contributed by atoms with Crippen LogP contribution in [0.2, 0.25) is 0 Å². The number of aliphatic hydroxyl groups is 1. The van der Waals surface area contributed by atoms with Crippen molar-refractivity contribution in [1.82, 2.24) is 4.90 Å². The summed E-state index contributed by atoms with van der Waals surface area (Å²) in [6.07, 6.45) is 0.652. The van der Waals surface area contributed by atoms with Gasteiger partial charge in [0.25, 0.3) is 11.6 Å². The minimum atomic E-state index is -0.775. The molecule has 1 aliphatic rings. The molecule has 1 saturated heterocycles. The quantitative estimate of drug-likeness (QED) is 0.659. The molecule has 7 heteroatoms. The van der Waals surface area contributed by atoms with E-state index in [0.717, 1.165) is 18.2 Å². The number of carbonyl (C=O) groups is 1. The van der Waals surface area contributed by atoms with Gasteiger partial charge in [-0.1, -0.05) is 0 Å². The Morgan fingerprint density at radius 1 is 1.58 bits per heavy atom. The van der Waals surface area contributed by atoms with E-state index >= 15 is 0 Å². The number of aliphatic hydroxyl groups excluding tert-OH is 1. The number of likely N-dealkylation sites (tertiary alicyclic amines) is 1. The van der Waals surface area contributed by atoms with Crippen LogP contribution in [0.1, 0.15) is 16.8 Å². The number of hydrogen-bond acceptors (Lipinski definition) is 4. The third-order valence-corrected chi connectivity index (χ3v) is 3.22. The summed E-state index contributed by atoms with van der Waals surface area (Å²) in [5.41, 5.74) is -0.615. The molecule has 1 fully saturated rings. The van der Waals surface area contributed by atoms with Crippen LogP contribution in [0.5, 0.6) is 0 Å². The predicted octanol–water partition coefficient (Wildman–Crippen LogP) is 1.19. The van der Waals surface area contributed by atoms with Crippen LogP contribution in [0.3, 0.4) is 0 Å². The minimum Gasteiger partial charge on any atom is -0.396 e. The van der Waals surface area contributed by atoms with E-state index in [4.69, 9.17) is 5.11 Å². The van der Waals surface area contributed by atoms with Crippen LogP contribution >= 0.6 is 0 Å². The second-order valence-corrected chi connectivity index (χ2v) is 4.51. The van der Waals surface area contributed by atoms with E-state index in [0.29, 0.717) is 19.5 Å². The molecule has 1 amide bonds. The van der Waals surface area contributed by atoms with Gasteiger partial charge < -0.3 is 10.0 Å². The highest BCUT2D eigenvalue weighted by molar-refractivity contribution is 5.95. The summed E-state index contributed by atoms with van der Waals surface area (Å²) in [5.74, 6) is -1.36. The molecular weight excluding hydrogens is 255 g/mol. The number of rotatable bonds is 3. The van der Waals surface area contributed by atoms with Crippen molar-refractivity contribution in [2.24, 2.45) is 5.92 Å². The minimum absolute atomic E-state index is 0.00860. The molecule has 19 heavy (non-hydrogen) atoms. The van der Waals surface area contributed by atoms with E-state index in [2.05, 4.69) is 0 Å². The number of halogens is 1. The maximum Gasteiger partial charge on any atom is 0.270 e. The molecule has 0 aliphatic carbocycles. The average Bonchev–Trinajstić information content (AvgIpc) is 2.87. The van der Waals surface area contributed by atoms with Crippen LogP contribution in [0.4, 0.5) is 10.1 Å². The maximum atomic E-state index is 13.6. The third-order valence-electron chi connectivity index (χ3n) is 3.22. The number of benzene rings is 1. The Labute approximate surface area is 108 Å². The van der Waals surface area contributed by atoms with Crippen LogP contribution in [-0.2, 0) is 0 Å². The Bertz CT molecular complexity index is 520. The zero-order valence-electron chi connectivity index (χ0n) is 10.1. The Morgan fingerprint density at radius 3 is 2.89 bits per heavy atom. The molecular formula is C12H13FN2O4. The smallest absolute Gasteiger partial charge is 0.270 e. The van der Waals surface area contributed by atoms with E-state index < -0.39 is 16.6 Å². The van der Waals surface area contributed by atoms with Gasteiger partial charge in [-0.2, -0.15) is 0 Å². The van der Waals surface area contributed by atoms with Gasteiger partial charge in [-0.25, -0.2) is 4.39 Å². The maximum absolute atomic E-state index is 13.6. The van der Waals surface area contributed by atoms with Crippen molar-refractivity contribution in [2.45, 2.75) is 6.42 Å². The Hall–Kier alpha value is -2.02. The summed E-state index contributed by atoms with van der Waals surface area (Å²) < 4.78 is 13.6. The van der Waals surface area contributed by atoms with E-state index in [1.165, 1.54) is 4.90 Å². The van der Waals surface area contributed by atoms with Crippen LogP contribution in [-0.4, -0.2) is 40.5 Å². The molecule has 1 heterocycles. The van der Waals surface area contributed by atoms with Crippen molar-refractivity contribution in [3.8, 4) is 0 Å². The molecule has 0 saturated carbocycles. The van der Waals surface area contributed by atoms with Crippen molar-refractivity contribution >= 4 is 11.6 Å². The Kier molecular flexibility index (Phi) is 3.75. The second kappa shape index (κ2) is 5.31. The predicted molar refractivity (Wildman–Crippen MR) is 64.2 cm³/mol. The fourth-order valence-corrected chi connectivity index (χ4v) is 2.13. The number of nitro groups is 1. The lowest BCUT2D eigenvalue weighted by Gasteiger charge is -2.16. The fraction of sp³-hybridized carbons (Fsp3) is 0.417. The molecule has 1 aromatic rings. The molecule has 2 rings (SSSR count). The van der Waals surface area contributed by atoms with Crippen molar-refractivity contribution in [3.05, 3.63) is 39.7 Å². The molecule has 1 aromatic carbocycles. The lowest BCUT2D eigenvalue weighted by Crippen LogP contribution is -2.29. The fourth-order valence-electron chi connectivity index (χ4n) is 2.13.